The van der Waals surface area contributed by atoms with Gasteiger partial charge < -0.3 is 21.6 Å². The maximum Gasteiger partial charge on any atom is 0.466 e. The quantitative estimate of drug-likeness (QED) is 0.310. The van der Waals surface area contributed by atoms with E-state index in [1.54, 1.807) is 0 Å². The van der Waals surface area contributed by atoms with Crippen LogP contribution in [0.2, 0.25) is 0 Å². The molecule has 0 aliphatic heterocycles. The Bertz CT molecular complexity index is 113. The van der Waals surface area contributed by atoms with E-state index >= 15 is 0 Å². The Morgan fingerprint density at radius 3 is 1.77 bits per heavy atom. The van der Waals surface area contributed by atoms with Gasteiger partial charge in [0.25, 0.3) is 0 Å². The molecule has 0 heterocycles. The van der Waals surface area contributed by atoms with Crippen LogP contribution >= 0.6 is 7.82 Å². The van der Waals surface area contributed by atoms with Crippen LogP contribution in [0.4, 0.5) is 0 Å². The van der Waals surface area contributed by atoms with Gasteiger partial charge in [0.1, 0.15) is 0 Å². The molecule has 0 saturated carbocycles. The van der Waals surface area contributed by atoms with E-state index in [4.69, 9.17) is 19.2 Å². The monoisotopic (exact) mass is 255 g/mol. The van der Waals surface area contributed by atoms with Crippen molar-refractivity contribution in [2.75, 3.05) is 0 Å². The topological polar surface area (TPSA) is 77.8 Å². The first-order valence-corrected chi connectivity index (χ1v) is 5.55. The van der Waals surface area contributed by atoms with Crippen LogP contribution < -0.4 is 0 Å². The van der Waals surface area contributed by atoms with Gasteiger partial charge in [-0.3, -0.25) is 0 Å². The molecule has 0 aliphatic rings. The van der Waals surface area contributed by atoms with E-state index in [2.05, 4.69) is 13.8 Å². The molecule has 0 aromatic heterocycles. The Morgan fingerprint density at radius 1 is 1.15 bits per heavy atom. The maximum absolute atomic E-state index is 8.88. The summed E-state index contributed by atoms with van der Waals surface area (Å²) in [7, 11) is -4.64. The van der Waals surface area contributed by atoms with Crippen LogP contribution in [0.3, 0.4) is 0 Å². The summed E-state index contributed by atoms with van der Waals surface area (Å²) in [6.45, 7) is 5.98. The summed E-state index contributed by atoms with van der Waals surface area (Å²) in [5.41, 5.74) is 0. The molecule has 0 unspecified atom stereocenters. The average molecular weight is 256 g/mol. The van der Waals surface area contributed by atoms with E-state index in [1.807, 2.05) is 0 Å². The molecule has 0 aromatic carbocycles. The standard InChI is InChI=1S/C7H15.Ni.H3O4P/c1-3-5-7-6-4-2;;1-5(2,3)4/h1,3-7H2,2H3;;(H3,1,2,3,4)/q-1;;. The summed E-state index contributed by atoms with van der Waals surface area (Å²) in [5.74, 6) is 0. The van der Waals surface area contributed by atoms with E-state index in [0.29, 0.717) is 0 Å². The molecule has 0 saturated heterocycles. The number of unbranched alkanes of at least 4 members (excludes halogenated alkanes) is 4. The minimum Gasteiger partial charge on any atom is -0.343 e. The molecule has 0 atom stereocenters. The Kier molecular flexibility index (Phi) is 18.6. The molecule has 0 bridgehead atoms. The summed E-state index contributed by atoms with van der Waals surface area (Å²) >= 11 is 0. The fourth-order valence-corrected chi connectivity index (χ4v) is 0.604. The van der Waals surface area contributed by atoms with Gasteiger partial charge in [-0.25, -0.2) is 4.57 Å². The van der Waals surface area contributed by atoms with Gasteiger partial charge in [0.2, 0.25) is 0 Å². The van der Waals surface area contributed by atoms with Gasteiger partial charge in [0, 0.05) is 16.5 Å². The summed E-state index contributed by atoms with van der Waals surface area (Å²) in [6, 6.07) is 0. The predicted molar refractivity (Wildman–Crippen MR) is 48.4 cm³/mol. The number of hydrogen-bond acceptors (Lipinski definition) is 1. The third-order valence-electron chi connectivity index (χ3n) is 1.10. The number of rotatable bonds is 4. The molecule has 0 spiro atoms. The average Bonchev–Trinajstić information content (AvgIpc) is 1.85. The van der Waals surface area contributed by atoms with Crippen LogP contribution in [0.25, 0.3) is 0 Å². The normalized spacial score (nSPS) is 9.62. The third-order valence-corrected chi connectivity index (χ3v) is 1.10. The zero-order valence-corrected chi connectivity index (χ0v) is 9.64. The van der Waals surface area contributed by atoms with Crippen LogP contribution in [0.15, 0.2) is 0 Å². The Morgan fingerprint density at radius 2 is 1.54 bits per heavy atom. The Balaban J connectivity index is -0.000000150. The molecule has 0 aromatic rings. The van der Waals surface area contributed by atoms with Gasteiger partial charge in [0.05, 0.1) is 0 Å². The predicted octanol–water partition coefficient (Wildman–Crippen LogP) is 1.86. The molecule has 4 nitrogen and oxygen atoms in total. The second-order valence-electron chi connectivity index (χ2n) is 2.43. The molecule has 13 heavy (non-hydrogen) atoms. The van der Waals surface area contributed by atoms with E-state index in [-0.39, 0.29) is 16.5 Å². The molecule has 0 aliphatic carbocycles. The van der Waals surface area contributed by atoms with Crippen molar-refractivity contribution in [3.8, 4) is 0 Å². The van der Waals surface area contributed by atoms with Crippen molar-refractivity contribution < 1.29 is 35.7 Å². The number of phosphoric acid groups is 1. The Labute approximate surface area is 89.9 Å². The van der Waals surface area contributed by atoms with Crippen molar-refractivity contribution in [1.82, 2.24) is 0 Å². The fourth-order valence-electron chi connectivity index (χ4n) is 0.604. The fraction of sp³-hybridized carbons (Fsp3) is 0.857. The van der Waals surface area contributed by atoms with Crippen molar-refractivity contribution in [2.45, 2.75) is 39.0 Å². The maximum atomic E-state index is 8.88. The van der Waals surface area contributed by atoms with E-state index in [1.165, 1.54) is 25.7 Å². The third kappa shape index (κ3) is 66.9. The van der Waals surface area contributed by atoms with Crippen molar-refractivity contribution >= 4 is 7.82 Å². The van der Waals surface area contributed by atoms with Crippen LogP contribution in [0, 0.1) is 6.92 Å². The minimum absolute atomic E-state index is 0. The first-order valence-electron chi connectivity index (χ1n) is 3.99. The van der Waals surface area contributed by atoms with Gasteiger partial charge in [-0.05, 0) is 0 Å². The van der Waals surface area contributed by atoms with E-state index < -0.39 is 7.82 Å². The smallest absolute Gasteiger partial charge is 0.343 e. The molecule has 0 radical (unpaired) electrons. The summed E-state index contributed by atoms with van der Waals surface area (Å²) < 4.78 is 8.88. The SMILES string of the molecule is O=P(O)(O)O.[CH2-]CCCCCC.[Ni]. The second-order valence-corrected chi connectivity index (χ2v) is 3.45. The largest absolute Gasteiger partial charge is 0.466 e. The van der Waals surface area contributed by atoms with Gasteiger partial charge in [-0.2, -0.15) is 6.42 Å². The summed E-state index contributed by atoms with van der Waals surface area (Å²) in [4.78, 5) is 21.6. The molecule has 6 heteroatoms. The Hall–Kier alpha value is 0.604. The van der Waals surface area contributed by atoms with Gasteiger partial charge in [-0.15, -0.1) is 0 Å². The summed E-state index contributed by atoms with van der Waals surface area (Å²) in [5, 5.41) is 0. The second kappa shape index (κ2) is 12.6. The van der Waals surface area contributed by atoms with E-state index in [0.717, 1.165) is 6.42 Å². The number of hydrogen-bond donors (Lipinski definition) is 3. The molecule has 0 amide bonds. The first kappa shape index (κ1) is 19.2. The molecule has 0 fully saturated rings. The van der Waals surface area contributed by atoms with Crippen molar-refractivity contribution in [3.05, 3.63) is 6.92 Å². The van der Waals surface area contributed by atoms with Crippen LogP contribution in [-0.4, -0.2) is 14.7 Å². The van der Waals surface area contributed by atoms with E-state index in [9.17, 15) is 0 Å². The first-order chi connectivity index (χ1) is 5.41. The van der Waals surface area contributed by atoms with Gasteiger partial charge in [0.15, 0.2) is 0 Å². The molecular weight excluding hydrogens is 238 g/mol. The summed E-state index contributed by atoms with van der Waals surface area (Å²) in [6.07, 6.45) is 6.52. The zero-order chi connectivity index (χ0) is 10.0. The molecule has 0 rings (SSSR count). The van der Waals surface area contributed by atoms with Crippen LogP contribution in [0.5, 0.6) is 0 Å². The minimum atomic E-state index is -4.64. The molecule has 86 valence electrons. The molecule has 3 N–H and O–H groups in total. The van der Waals surface area contributed by atoms with Crippen LogP contribution in [-0.2, 0) is 21.1 Å². The van der Waals surface area contributed by atoms with Gasteiger partial charge >= 0.3 is 7.82 Å². The van der Waals surface area contributed by atoms with Crippen LogP contribution in [0.1, 0.15) is 39.0 Å². The molecular formula is C7H18NiO4P-. The van der Waals surface area contributed by atoms with Gasteiger partial charge in [-0.1, -0.05) is 32.6 Å². The van der Waals surface area contributed by atoms with Crippen molar-refractivity contribution in [2.24, 2.45) is 0 Å². The zero-order valence-electron chi connectivity index (χ0n) is 7.76. The van der Waals surface area contributed by atoms with Crippen molar-refractivity contribution in [1.29, 1.82) is 0 Å². The van der Waals surface area contributed by atoms with Crippen molar-refractivity contribution in [3.63, 3.8) is 0 Å².